The number of aryl methyl sites for hydroxylation is 1. The van der Waals surface area contributed by atoms with Crippen LogP contribution in [0.15, 0.2) is 76.1 Å². The molecule has 3 aromatic carbocycles. The van der Waals surface area contributed by atoms with Crippen LogP contribution in [0.25, 0.3) is 6.08 Å². The van der Waals surface area contributed by atoms with Gasteiger partial charge in [-0.3, -0.25) is 9.69 Å². The average Bonchev–Trinajstić information content (AvgIpc) is 3.01. The lowest BCUT2D eigenvalue weighted by Crippen LogP contribution is -2.27. The Hall–Kier alpha value is -2.48. The van der Waals surface area contributed by atoms with Crippen molar-refractivity contribution in [3.8, 4) is 5.75 Å². The van der Waals surface area contributed by atoms with E-state index >= 15 is 0 Å². The van der Waals surface area contributed by atoms with Crippen LogP contribution < -0.4 is 9.64 Å². The third-order valence-electron chi connectivity index (χ3n) is 4.61. The van der Waals surface area contributed by atoms with Crippen LogP contribution in [0.3, 0.4) is 0 Å². The normalized spacial score (nSPS) is 15.1. The smallest absolute Gasteiger partial charge is 0.270 e. The molecule has 0 saturated carbocycles. The number of hydrogen-bond acceptors (Lipinski definition) is 4. The van der Waals surface area contributed by atoms with Gasteiger partial charge in [0.1, 0.15) is 18.2 Å². The molecule has 1 aliphatic rings. The summed E-state index contributed by atoms with van der Waals surface area (Å²) in [7, 11) is 0. The summed E-state index contributed by atoms with van der Waals surface area (Å²) in [4.78, 5) is 15.1. The summed E-state index contributed by atoms with van der Waals surface area (Å²) in [6, 6.07) is 19.5. The van der Waals surface area contributed by atoms with Crippen LogP contribution in [0.1, 0.15) is 16.7 Å². The van der Waals surface area contributed by atoms with E-state index in [1.54, 1.807) is 17.0 Å². The minimum atomic E-state index is -0.276. The largest absolute Gasteiger partial charge is 0.488 e. The number of carbonyl (C=O) groups is 1. The van der Waals surface area contributed by atoms with Gasteiger partial charge in [0.25, 0.3) is 5.91 Å². The van der Waals surface area contributed by atoms with E-state index in [1.807, 2.05) is 55.5 Å². The highest BCUT2D eigenvalue weighted by Crippen LogP contribution is 2.37. The zero-order chi connectivity index (χ0) is 22.0. The second kappa shape index (κ2) is 9.34. The molecule has 3 aromatic rings. The average molecular weight is 514 g/mol. The number of amides is 1. The molecule has 0 bridgehead atoms. The number of carbonyl (C=O) groups excluding carboxylic acids is 1. The van der Waals surface area contributed by atoms with Gasteiger partial charge in [-0.25, -0.2) is 4.39 Å². The summed E-state index contributed by atoms with van der Waals surface area (Å²) in [6.45, 7) is 2.31. The van der Waals surface area contributed by atoms with Gasteiger partial charge in [0.2, 0.25) is 0 Å². The summed E-state index contributed by atoms with van der Waals surface area (Å²) in [5.41, 5.74) is 3.57. The Bertz CT molecular complexity index is 1190. The predicted molar refractivity (Wildman–Crippen MR) is 132 cm³/mol. The van der Waals surface area contributed by atoms with Crippen molar-refractivity contribution in [1.29, 1.82) is 0 Å². The van der Waals surface area contributed by atoms with Crippen LogP contribution in [0.5, 0.6) is 5.75 Å². The monoisotopic (exact) mass is 513 g/mol. The first-order chi connectivity index (χ1) is 14.9. The number of anilines is 1. The third kappa shape index (κ3) is 5.06. The third-order valence-corrected chi connectivity index (χ3v) is 6.54. The lowest BCUT2D eigenvalue weighted by Gasteiger charge is -2.14. The van der Waals surface area contributed by atoms with E-state index < -0.39 is 0 Å². The molecule has 0 spiro atoms. The zero-order valence-corrected chi connectivity index (χ0v) is 19.7. The van der Waals surface area contributed by atoms with Gasteiger partial charge in [0, 0.05) is 0 Å². The van der Waals surface area contributed by atoms with E-state index in [-0.39, 0.29) is 11.7 Å². The molecule has 1 heterocycles. The summed E-state index contributed by atoms with van der Waals surface area (Å²) >= 11 is 10.3. The van der Waals surface area contributed by atoms with E-state index in [0.29, 0.717) is 21.6 Å². The lowest BCUT2D eigenvalue weighted by molar-refractivity contribution is -0.113. The van der Waals surface area contributed by atoms with Gasteiger partial charge >= 0.3 is 0 Å². The number of benzene rings is 3. The first-order valence-corrected chi connectivity index (χ1v) is 11.4. The van der Waals surface area contributed by atoms with Gasteiger partial charge in [-0.05, 0) is 82.0 Å². The molecule has 156 valence electrons. The van der Waals surface area contributed by atoms with E-state index in [2.05, 4.69) is 15.9 Å². The quantitative estimate of drug-likeness (QED) is 0.274. The van der Waals surface area contributed by atoms with Crippen molar-refractivity contribution in [1.82, 2.24) is 0 Å². The maximum atomic E-state index is 13.0. The summed E-state index contributed by atoms with van der Waals surface area (Å²) in [6.07, 6.45) is 1.82. The molecule has 1 aliphatic heterocycles. The number of halogens is 2. The van der Waals surface area contributed by atoms with Crippen LogP contribution in [0.2, 0.25) is 0 Å². The fourth-order valence-corrected chi connectivity index (χ4v) is 4.88. The Morgan fingerprint density at radius 3 is 2.61 bits per heavy atom. The van der Waals surface area contributed by atoms with E-state index in [9.17, 15) is 9.18 Å². The molecule has 0 radical (unpaired) electrons. The lowest BCUT2D eigenvalue weighted by atomic mass is 10.2. The highest BCUT2D eigenvalue weighted by molar-refractivity contribution is 9.10. The van der Waals surface area contributed by atoms with Gasteiger partial charge in [-0.2, -0.15) is 0 Å². The van der Waals surface area contributed by atoms with Crippen LogP contribution in [0, 0.1) is 12.7 Å². The fourth-order valence-electron chi connectivity index (χ4n) is 3.07. The molecule has 0 aliphatic carbocycles. The maximum Gasteiger partial charge on any atom is 0.270 e. The Morgan fingerprint density at radius 2 is 1.90 bits per heavy atom. The Morgan fingerprint density at radius 1 is 1.13 bits per heavy atom. The highest BCUT2D eigenvalue weighted by atomic mass is 79.9. The molecule has 31 heavy (non-hydrogen) atoms. The number of rotatable bonds is 5. The molecule has 1 fully saturated rings. The van der Waals surface area contributed by atoms with Crippen LogP contribution in [-0.4, -0.2) is 10.2 Å². The van der Waals surface area contributed by atoms with Crippen LogP contribution in [0.4, 0.5) is 10.1 Å². The van der Waals surface area contributed by atoms with Crippen LogP contribution in [-0.2, 0) is 11.4 Å². The van der Waals surface area contributed by atoms with Crippen molar-refractivity contribution < 1.29 is 13.9 Å². The summed E-state index contributed by atoms with van der Waals surface area (Å²) < 4.78 is 20.1. The van der Waals surface area contributed by atoms with Gasteiger partial charge in [0.15, 0.2) is 4.32 Å². The Balaban J connectivity index is 1.49. The first kappa shape index (κ1) is 21.7. The number of hydrogen-bond donors (Lipinski definition) is 0. The summed E-state index contributed by atoms with van der Waals surface area (Å²) in [5, 5.41) is 0. The van der Waals surface area contributed by atoms with Crippen molar-refractivity contribution in [2.45, 2.75) is 13.5 Å². The minimum absolute atomic E-state index is 0.131. The number of thiocarbonyl (C=S) groups is 1. The SMILES string of the molecule is Cc1cccc(N2C(=O)/C(=C\c3ccc(OCc4ccc(F)cc4)c(Br)c3)SC2=S)c1. The molecule has 0 unspecified atom stereocenters. The zero-order valence-electron chi connectivity index (χ0n) is 16.5. The summed E-state index contributed by atoms with van der Waals surface area (Å²) in [5.74, 6) is 0.254. The number of ether oxygens (including phenoxy) is 1. The molecule has 0 aromatic heterocycles. The predicted octanol–water partition coefficient (Wildman–Crippen LogP) is 6.88. The fraction of sp³-hybridized carbons (Fsp3) is 0.0833. The van der Waals surface area contributed by atoms with Crippen molar-refractivity contribution in [2.75, 3.05) is 4.90 Å². The maximum absolute atomic E-state index is 13.0. The van der Waals surface area contributed by atoms with Crippen molar-refractivity contribution >= 4 is 61.9 Å². The molecule has 3 nitrogen and oxygen atoms in total. The molecule has 1 saturated heterocycles. The second-order valence-electron chi connectivity index (χ2n) is 6.96. The molecule has 0 N–H and O–H groups in total. The molecule has 0 atom stereocenters. The standard InChI is InChI=1S/C24H17BrFNO2S2/c1-15-3-2-4-19(11-15)27-23(28)22(31-24(27)30)13-17-7-10-21(20(25)12-17)29-14-16-5-8-18(26)9-6-16/h2-13H,14H2,1H3/b22-13+. The second-order valence-corrected chi connectivity index (χ2v) is 9.49. The minimum Gasteiger partial charge on any atom is -0.488 e. The Labute approximate surface area is 198 Å². The van der Waals surface area contributed by atoms with Gasteiger partial charge in [-0.1, -0.05) is 54.3 Å². The van der Waals surface area contributed by atoms with Gasteiger partial charge in [-0.15, -0.1) is 0 Å². The van der Waals surface area contributed by atoms with Crippen molar-refractivity contribution in [2.24, 2.45) is 0 Å². The topological polar surface area (TPSA) is 29.5 Å². The number of thioether (sulfide) groups is 1. The van der Waals surface area contributed by atoms with Gasteiger partial charge in [0.05, 0.1) is 15.1 Å². The first-order valence-electron chi connectivity index (χ1n) is 9.42. The van der Waals surface area contributed by atoms with E-state index in [1.165, 1.54) is 23.9 Å². The van der Waals surface area contributed by atoms with Crippen molar-refractivity contribution in [3.05, 3.63) is 98.6 Å². The molecule has 7 heteroatoms. The Kier molecular flexibility index (Phi) is 6.55. The molecular weight excluding hydrogens is 497 g/mol. The highest BCUT2D eigenvalue weighted by Gasteiger charge is 2.33. The van der Waals surface area contributed by atoms with Gasteiger partial charge < -0.3 is 4.74 Å². The van der Waals surface area contributed by atoms with E-state index in [0.717, 1.165) is 26.9 Å². The number of nitrogens with zero attached hydrogens (tertiary/aromatic N) is 1. The van der Waals surface area contributed by atoms with Crippen LogP contribution >= 0.6 is 39.9 Å². The van der Waals surface area contributed by atoms with E-state index in [4.69, 9.17) is 17.0 Å². The molecule has 4 rings (SSSR count). The molecular formula is C24H17BrFNO2S2. The van der Waals surface area contributed by atoms with Crippen molar-refractivity contribution in [3.63, 3.8) is 0 Å². The molecule has 1 amide bonds.